The molecule has 0 bridgehead atoms. The largest absolute Gasteiger partial charge is 0.303 e. The van der Waals surface area contributed by atoms with Crippen LogP contribution in [0.1, 0.15) is 5.56 Å². The van der Waals surface area contributed by atoms with Crippen LogP contribution in [0.25, 0.3) is 11.4 Å². The molecule has 1 heterocycles. The van der Waals surface area contributed by atoms with Crippen molar-refractivity contribution in [2.75, 3.05) is 0 Å². The van der Waals surface area contributed by atoms with Crippen molar-refractivity contribution >= 4 is 12.2 Å². The average molecular weight is 223 g/mol. The zero-order valence-electron chi connectivity index (χ0n) is 8.41. The number of aryl methyl sites for hydroxylation is 1. The molecule has 0 aliphatic heterocycles. The van der Waals surface area contributed by atoms with E-state index in [2.05, 4.69) is 10.2 Å². The zero-order chi connectivity index (χ0) is 11.0. The van der Waals surface area contributed by atoms with Crippen LogP contribution >= 0.6 is 12.2 Å². The van der Waals surface area contributed by atoms with E-state index in [0.29, 0.717) is 10.6 Å². The molecular formula is C10H10FN3S. The fraction of sp³-hybridized carbons (Fsp3) is 0.200. The predicted molar refractivity (Wildman–Crippen MR) is 58.5 cm³/mol. The van der Waals surface area contributed by atoms with Crippen LogP contribution in [-0.2, 0) is 7.05 Å². The van der Waals surface area contributed by atoms with Crippen LogP contribution in [0.4, 0.5) is 4.39 Å². The van der Waals surface area contributed by atoms with Crippen molar-refractivity contribution in [3.8, 4) is 11.4 Å². The quantitative estimate of drug-likeness (QED) is 0.754. The number of halogens is 1. The number of nitrogens with one attached hydrogen (secondary N) is 1. The predicted octanol–water partition coefficient (Wildman–Crippen LogP) is 2.59. The number of aromatic nitrogens is 3. The van der Waals surface area contributed by atoms with Crippen molar-refractivity contribution in [2.24, 2.45) is 7.05 Å². The van der Waals surface area contributed by atoms with E-state index in [1.54, 1.807) is 11.6 Å². The van der Waals surface area contributed by atoms with E-state index in [-0.39, 0.29) is 5.82 Å². The summed E-state index contributed by atoms with van der Waals surface area (Å²) in [5, 5.41) is 6.71. The van der Waals surface area contributed by atoms with Gasteiger partial charge in [0.05, 0.1) is 0 Å². The second kappa shape index (κ2) is 3.58. The van der Waals surface area contributed by atoms with Crippen LogP contribution in [0.2, 0.25) is 0 Å². The highest BCUT2D eigenvalue weighted by molar-refractivity contribution is 7.71. The van der Waals surface area contributed by atoms with Crippen LogP contribution < -0.4 is 0 Å². The van der Waals surface area contributed by atoms with E-state index in [1.807, 2.05) is 13.0 Å². The number of rotatable bonds is 1. The number of H-pyrrole nitrogens is 1. The molecule has 15 heavy (non-hydrogen) atoms. The molecule has 0 unspecified atom stereocenters. The van der Waals surface area contributed by atoms with Gasteiger partial charge >= 0.3 is 0 Å². The molecule has 0 radical (unpaired) electrons. The first-order chi connectivity index (χ1) is 7.08. The molecule has 3 nitrogen and oxygen atoms in total. The maximum atomic E-state index is 13.2. The van der Waals surface area contributed by atoms with E-state index < -0.39 is 0 Å². The van der Waals surface area contributed by atoms with Crippen LogP contribution in [0, 0.1) is 17.5 Å². The highest BCUT2D eigenvalue weighted by atomic mass is 32.1. The lowest BCUT2D eigenvalue weighted by atomic mass is 10.1. The Bertz CT molecular complexity index is 536. The van der Waals surface area contributed by atoms with Gasteiger partial charge in [0.15, 0.2) is 10.6 Å². The van der Waals surface area contributed by atoms with Crippen LogP contribution in [0.5, 0.6) is 0 Å². The van der Waals surface area contributed by atoms with Gasteiger partial charge in [0.1, 0.15) is 5.82 Å². The maximum absolute atomic E-state index is 13.2. The minimum Gasteiger partial charge on any atom is -0.303 e. The van der Waals surface area contributed by atoms with E-state index in [9.17, 15) is 4.39 Å². The van der Waals surface area contributed by atoms with Crippen molar-refractivity contribution in [3.63, 3.8) is 0 Å². The normalized spacial score (nSPS) is 10.6. The molecule has 0 amide bonds. The minimum absolute atomic E-state index is 0.265. The topological polar surface area (TPSA) is 33.6 Å². The number of hydrogen-bond acceptors (Lipinski definition) is 2. The molecule has 5 heteroatoms. The maximum Gasteiger partial charge on any atom is 0.195 e. The molecule has 78 valence electrons. The Morgan fingerprint density at radius 1 is 1.40 bits per heavy atom. The van der Waals surface area contributed by atoms with Gasteiger partial charge in [-0.2, -0.15) is 5.10 Å². The Hall–Kier alpha value is -1.49. The molecule has 1 aromatic heterocycles. The van der Waals surface area contributed by atoms with Crippen molar-refractivity contribution < 1.29 is 4.39 Å². The summed E-state index contributed by atoms with van der Waals surface area (Å²) < 4.78 is 15.4. The first kappa shape index (κ1) is 10.0. The standard InChI is InChI=1S/C10H10FN3S/c1-6-3-7(5-8(11)4-6)9-12-13-10(15)14(9)2/h3-5H,1-2H3,(H,13,15). The third kappa shape index (κ3) is 1.83. The van der Waals surface area contributed by atoms with E-state index >= 15 is 0 Å². The van der Waals surface area contributed by atoms with Crippen molar-refractivity contribution in [1.29, 1.82) is 0 Å². The van der Waals surface area contributed by atoms with Gasteiger partial charge in [-0.15, -0.1) is 0 Å². The molecule has 0 saturated heterocycles. The Morgan fingerprint density at radius 2 is 2.13 bits per heavy atom. The zero-order valence-corrected chi connectivity index (χ0v) is 9.23. The summed E-state index contributed by atoms with van der Waals surface area (Å²) in [6, 6.07) is 4.79. The lowest BCUT2D eigenvalue weighted by Crippen LogP contribution is -1.93. The Morgan fingerprint density at radius 3 is 2.67 bits per heavy atom. The van der Waals surface area contributed by atoms with Gasteiger partial charge in [-0.1, -0.05) is 0 Å². The fourth-order valence-electron chi connectivity index (χ4n) is 1.47. The van der Waals surface area contributed by atoms with Gasteiger partial charge in [-0.3, -0.25) is 5.10 Å². The number of benzene rings is 1. The molecular weight excluding hydrogens is 213 g/mol. The summed E-state index contributed by atoms with van der Waals surface area (Å²) >= 11 is 4.99. The molecule has 2 rings (SSSR count). The van der Waals surface area contributed by atoms with Gasteiger partial charge in [-0.25, -0.2) is 4.39 Å². The molecule has 2 aromatic rings. The molecule has 0 aliphatic rings. The van der Waals surface area contributed by atoms with E-state index in [0.717, 1.165) is 11.1 Å². The monoisotopic (exact) mass is 223 g/mol. The fourth-order valence-corrected chi connectivity index (χ4v) is 1.60. The van der Waals surface area contributed by atoms with Gasteiger partial charge < -0.3 is 4.57 Å². The molecule has 0 fully saturated rings. The Labute approximate surface area is 91.6 Å². The molecule has 0 spiro atoms. The van der Waals surface area contributed by atoms with Crippen molar-refractivity contribution in [1.82, 2.24) is 14.8 Å². The third-order valence-electron chi connectivity index (χ3n) is 2.18. The van der Waals surface area contributed by atoms with Crippen LogP contribution in [0.3, 0.4) is 0 Å². The number of hydrogen-bond donors (Lipinski definition) is 1. The summed E-state index contributed by atoms with van der Waals surface area (Å²) in [7, 11) is 1.79. The average Bonchev–Trinajstić information content (AvgIpc) is 2.46. The summed E-state index contributed by atoms with van der Waals surface area (Å²) in [6.45, 7) is 1.84. The van der Waals surface area contributed by atoms with Gasteiger partial charge in [0.2, 0.25) is 0 Å². The Balaban J connectivity index is 2.63. The van der Waals surface area contributed by atoms with Gasteiger partial charge in [0, 0.05) is 12.6 Å². The molecule has 1 aromatic carbocycles. The van der Waals surface area contributed by atoms with E-state index in [4.69, 9.17) is 12.2 Å². The highest BCUT2D eigenvalue weighted by Gasteiger charge is 2.07. The second-order valence-corrected chi connectivity index (χ2v) is 3.82. The summed E-state index contributed by atoms with van der Waals surface area (Å²) in [5.74, 6) is 0.376. The molecule has 0 atom stereocenters. The second-order valence-electron chi connectivity index (χ2n) is 3.43. The first-order valence-electron chi connectivity index (χ1n) is 4.47. The number of aromatic amines is 1. The lowest BCUT2D eigenvalue weighted by Gasteiger charge is -2.02. The number of nitrogens with zero attached hydrogens (tertiary/aromatic N) is 2. The third-order valence-corrected chi connectivity index (χ3v) is 2.55. The van der Waals surface area contributed by atoms with Gasteiger partial charge in [0.25, 0.3) is 0 Å². The SMILES string of the molecule is Cc1cc(F)cc(-c2n[nH]c(=S)n2C)c1. The molecule has 0 saturated carbocycles. The van der Waals surface area contributed by atoms with Crippen LogP contribution in [0.15, 0.2) is 18.2 Å². The van der Waals surface area contributed by atoms with Crippen molar-refractivity contribution in [3.05, 3.63) is 34.4 Å². The van der Waals surface area contributed by atoms with E-state index in [1.165, 1.54) is 12.1 Å². The summed E-state index contributed by atoms with van der Waals surface area (Å²) in [5.41, 5.74) is 1.58. The highest BCUT2D eigenvalue weighted by Crippen LogP contribution is 2.19. The Kier molecular flexibility index (Phi) is 2.40. The first-order valence-corrected chi connectivity index (χ1v) is 4.88. The van der Waals surface area contributed by atoms with Gasteiger partial charge in [-0.05, 0) is 42.9 Å². The summed E-state index contributed by atoms with van der Waals surface area (Å²) in [6.07, 6.45) is 0. The van der Waals surface area contributed by atoms with Crippen LogP contribution in [-0.4, -0.2) is 14.8 Å². The van der Waals surface area contributed by atoms with Crippen molar-refractivity contribution in [2.45, 2.75) is 6.92 Å². The lowest BCUT2D eigenvalue weighted by molar-refractivity contribution is 0.627. The summed E-state index contributed by atoms with van der Waals surface area (Å²) in [4.78, 5) is 0. The molecule has 1 N–H and O–H groups in total. The smallest absolute Gasteiger partial charge is 0.195 e. The minimum atomic E-state index is -0.265. The molecule has 0 aliphatic carbocycles.